The second-order valence-corrected chi connectivity index (χ2v) is 2.30. The molecule has 0 saturated carbocycles. The fraction of sp³-hybridized carbons (Fsp3) is 0.800. The Kier molecular flexibility index (Phi) is 1.99. The summed E-state index contributed by atoms with van der Waals surface area (Å²) in [5, 5.41) is -0.578. The van der Waals surface area contributed by atoms with E-state index in [-0.39, 0.29) is 0 Å². The lowest BCUT2D eigenvalue weighted by atomic mass is 10.3. The molecule has 7 heteroatoms. The van der Waals surface area contributed by atoms with Crippen LogP contribution in [0.2, 0.25) is 0 Å². The number of rotatable bonds is 1. The van der Waals surface area contributed by atoms with Gasteiger partial charge >= 0.3 is 12.1 Å². The molecule has 0 N–H and O–H groups in total. The van der Waals surface area contributed by atoms with Gasteiger partial charge in [-0.2, -0.15) is 13.2 Å². The number of halogens is 4. The highest BCUT2D eigenvalue weighted by molar-refractivity contribution is 5.80. The molecule has 1 unspecified atom stereocenters. The van der Waals surface area contributed by atoms with E-state index in [2.05, 4.69) is 4.74 Å². The van der Waals surface area contributed by atoms with Crippen molar-refractivity contribution in [3.05, 3.63) is 0 Å². The largest absolute Gasteiger partial charge is 0.468 e. The molecule has 0 aromatic rings. The minimum atomic E-state index is -4.71. The summed E-state index contributed by atoms with van der Waals surface area (Å²) in [6.45, 7) is 0. The van der Waals surface area contributed by atoms with Gasteiger partial charge in [0, 0.05) is 0 Å². The highest BCUT2D eigenvalue weighted by Crippen LogP contribution is 2.41. The van der Waals surface area contributed by atoms with Crippen LogP contribution in [0.5, 0.6) is 0 Å². The first-order valence-corrected chi connectivity index (χ1v) is 2.98. The molecule has 0 aromatic heterocycles. The maximum atomic E-state index is 12.2. The van der Waals surface area contributed by atoms with Crippen molar-refractivity contribution in [3.63, 3.8) is 0 Å². The zero-order valence-corrected chi connectivity index (χ0v) is 5.93. The highest BCUT2D eigenvalue weighted by atomic mass is 19.4. The van der Waals surface area contributed by atoms with Crippen molar-refractivity contribution in [2.24, 2.45) is 0 Å². The summed E-state index contributed by atoms with van der Waals surface area (Å²) in [6.07, 6.45) is -4.71. The highest BCUT2D eigenvalue weighted by Gasteiger charge is 2.68. The van der Waals surface area contributed by atoms with Gasteiger partial charge in [0.15, 0.2) is 12.1 Å². The Hall–Kier alpha value is -0.850. The van der Waals surface area contributed by atoms with Crippen molar-refractivity contribution in [2.45, 2.75) is 18.3 Å². The first-order chi connectivity index (χ1) is 5.39. The van der Waals surface area contributed by atoms with Crippen molar-refractivity contribution < 1.29 is 27.2 Å². The Morgan fingerprint density at radius 3 is 2.25 bits per heavy atom. The Bertz CT molecular complexity index is 204. The van der Waals surface area contributed by atoms with Crippen LogP contribution in [-0.2, 0) is 9.53 Å². The lowest BCUT2D eigenvalue weighted by Gasteiger charge is -2.00. The van der Waals surface area contributed by atoms with Gasteiger partial charge in [-0.3, -0.25) is 4.79 Å². The topological polar surface area (TPSA) is 29.3 Å². The Labute approximate surface area is 64.8 Å². The zero-order valence-electron chi connectivity index (χ0n) is 5.93. The van der Waals surface area contributed by atoms with E-state index in [1.807, 2.05) is 0 Å². The molecule has 0 aromatic carbocycles. The van der Waals surface area contributed by atoms with Crippen molar-refractivity contribution in [1.29, 1.82) is 0 Å². The number of carbonyl (C=O) groups is 1. The maximum Gasteiger partial charge on any atom is 0.408 e. The SMILES string of the molecule is COC(=O)[C@@H]1[C@@H](C(F)(F)F)N1F. The minimum Gasteiger partial charge on any atom is -0.468 e. The normalized spacial score (nSPS) is 34.6. The van der Waals surface area contributed by atoms with Crippen LogP contribution in [0.25, 0.3) is 0 Å². The molecule has 0 amide bonds. The van der Waals surface area contributed by atoms with Gasteiger partial charge in [0.05, 0.1) is 7.11 Å². The number of hydrogen-bond donors (Lipinski definition) is 0. The molecule has 0 aliphatic carbocycles. The van der Waals surface area contributed by atoms with E-state index >= 15 is 0 Å². The first-order valence-electron chi connectivity index (χ1n) is 2.98. The number of methoxy groups -OCH3 is 1. The number of esters is 1. The molecule has 1 fully saturated rings. The summed E-state index contributed by atoms with van der Waals surface area (Å²) < 4.78 is 51.4. The van der Waals surface area contributed by atoms with E-state index in [0.29, 0.717) is 0 Å². The lowest BCUT2D eigenvalue weighted by Crippen LogP contribution is -2.23. The molecule has 1 heterocycles. The molecular formula is C5H5F4NO2. The van der Waals surface area contributed by atoms with Crippen LogP contribution in [0.1, 0.15) is 0 Å². The third-order valence-corrected chi connectivity index (χ3v) is 1.52. The van der Waals surface area contributed by atoms with Gasteiger partial charge in [0.1, 0.15) is 0 Å². The molecule has 1 saturated heterocycles. The number of carbonyl (C=O) groups excluding carboxylic acids is 1. The number of ether oxygens (including phenoxy) is 1. The minimum absolute atomic E-state index is 0.578. The van der Waals surface area contributed by atoms with Gasteiger partial charge in [-0.25, -0.2) is 0 Å². The molecule has 12 heavy (non-hydrogen) atoms. The van der Waals surface area contributed by atoms with Gasteiger partial charge in [0.2, 0.25) is 0 Å². The fourth-order valence-corrected chi connectivity index (χ4v) is 0.874. The van der Waals surface area contributed by atoms with Gasteiger partial charge in [0.25, 0.3) is 0 Å². The van der Waals surface area contributed by atoms with Crippen LogP contribution in [0.4, 0.5) is 17.7 Å². The Morgan fingerprint density at radius 2 is 2.00 bits per heavy atom. The van der Waals surface area contributed by atoms with Crippen molar-refractivity contribution in [2.75, 3.05) is 7.11 Å². The quantitative estimate of drug-likeness (QED) is 0.261. The summed E-state index contributed by atoms with van der Waals surface area (Å²) >= 11 is 0. The maximum absolute atomic E-state index is 12.2. The zero-order chi connectivity index (χ0) is 9.52. The van der Waals surface area contributed by atoms with Crippen LogP contribution in [-0.4, -0.2) is 36.5 Å². The molecule has 3 atom stereocenters. The lowest BCUT2D eigenvalue weighted by molar-refractivity contribution is -0.150. The molecule has 1 rings (SSSR count). The standard InChI is InChI=1S/C5H5F4NO2/c1-12-4(11)2-3(10(2)9)5(6,7)8/h2-3H,1H3/t2-,3-,10?/m0/s1. The summed E-state index contributed by atoms with van der Waals surface area (Å²) in [6, 6.07) is -4.14. The van der Waals surface area contributed by atoms with Crippen molar-refractivity contribution in [1.82, 2.24) is 5.12 Å². The van der Waals surface area contributed by atoms with Crippen molar-refractivity contribution >= 4 is 5.97 Å². The Balaban J connectivity index is 2.60. The molecular weight excluding hydrogens is 182 g/mol. The van der Waals surface area contributed by atoms with E-state index in [1.54, 1.807) is 0 Å². The van der Waals surface area contributed by atoms with Crippen LogP contribution in [0.3, 0.4) is 0 Å². The van der Waals surface area contributed by atoms with Gasteiger partial charge in [-0.1, -0.05) is 0 Å². The number of nitrogens with zero attached hydrogens (tertiary/aromatic N) is 1. The predicted octanol–water partition coefficient (Wildman–Crippen LogP) is 0.659. The fourth-order valence-electron chi connectivity index (χ4n) is 0.874. The van der Waals surface area contributed by atoms with Crippen LogP contribution in [0.15, 0.2) is 0 Å². The average molecular weight is 187 g/mol. The smallest absolute Gasteiger partial charge is 0.408 e. The van der Waals surface area contributed by atoms with E-state index in [0.717, 1.165) is 7.11 Å². The molecule has 0 radical (unpaired) electrons. The van der Waals surface area contributed by atoms with Crippen LogP contribution in [0, 0.1) is 0 Å². The summed E-state index contributed by atoms with van der Waals surface area (Å²) in [5.41, 5.74) is 0. The van der Waals surface area contributed by atoms with Crippen LogP contribution >= 0.6 is 0 Å². The number of alkyl halides is 3. The third-order valence-electron chi connectivity index (χ3n) is 1.52. The molecule has 70 valence electrons. The van der Waals surface area contributed by atoms with Crippen LogP contribution < -0.4 is 0 Å². The summed E-state index contributed by atoms with van der Waals surface area (Å²) in [7, 11) is 0.905. The average Bonchev–Trinajstić information content (AvgIpc) is 2.59. The molecule has 0 spiro atoms. The second-order valence-electron chi connectivity index (χ2n) is 2.30. The Morgan fingerprint density at radius 1 is 1.50 bits per heavy atom. The number of hydrogen-bond acceptors (Lipinski definition) is 3. The van der Waals surface area contributed by atoms with E-state index in [9.17, 15) is 22.4 Å². The molecule has 0 bridgehead atoms. The van der Waals surface area contributed by atoms with Gasteiger partial charge < -0.3 is 4.74 Å². The predicted molar refractivity (Wildman–Crippen MR) is 28.6 cm³/mol. The first kappa shape index (κ1) is 9.24. The molecule has 3 nitrogen and oxygen atoms in total. The van der Waals surface area contributed by atoms with E-state index in [4.69, 9.17) is 0 Å². The molecule has 1 aliphatic rings. The third kappa shape index (κ3) is 1.36. The molecule has 1 aliphatic heterocycles. The monoisotopic (exact) mass is 187 g/mol. The van der Waals surface area contributed by atoms with Crippen molar-refractivity contribution in [3.8, 4) is 0 Å². The summed E-state index contributed by atoms with van der Waals surface area (Å²) in [5.74, 6) is -1.21. The van der Waals surface area contributed by atoms with Gasteiger partial charge in [-0.05, 0) is 0 Å². The van der Waals surface area contributed by atoms with E-state index < -0.39 is 29.4 Å². The van der Waals surface area contributed by atoms with Gasteiger partial charge in [-0.15, -0.1) is 9.60 Å². The summed E-state index contributed by atoms with van der Waals surface area (Å²) in [4.78, 5) is 10.4. The van der Waals surface area contributed by atoms with E-state index in [1.165, 1.54) is 0 Å². The second kappa shape index (κ2) is 2.58.